The molecule has 0 saturated heterocycles. The Morgan fingerprint density at radius 2 is 2.03 bits per heavy atom. The quantitative estimate of drug-likeness (QED) is 0.232. The molecule has 0 saturated carbocycles. The Bertz CT molecular complexity index is 879. The molecule has 0 aliphatic heterocycles. The highest BCUT2D eigenvalue weighted by atomic mass is 127. The van der Waals surface area contributed by atoms with Crippen LogP contribution in [0.15, 0.2) is 52.1 Å². The van der Waals surface area contributed by atoms with Gasteiger partial charge in [-0.05, 0) is 32.0 Å². The molecule has 3 rings (SSSR count). The molecule has 3 aromatic rings. The number of halogens is 1. The summed E-state index contributed by atoms with van der Waals surface area (Å²) in [5, 5.41) is 13.7. The summed E-state index contributed by atoms with van der Waals surface area (Å²) in [5.74, 6) is 3.62. The van der Waals surface area contributed by atoms with Crippen LogP contribution in [0.5, 0.6) is 5.75 Å². The number of nitrogens with one attached hydrogen (secondary N) is 3. The van der Waals surface area contributed by atoms with E-state index in [4.69, 9.17) is 9.15 Å². The lowest BCUT2D eigenvalue weighted by Gasteiger charge is -2.12. The van der Waals surface area contributed by atoms with Crippen molar-refractivity contribution in [1.82, 2.24) is 25.8 Å². The number of rotatable bonds is 9. The molecule has 0 atom stereocenters. The van der Waals surface area contributed by atoms with Crippen molar-refractivity contribution in [3.63, 3.8) is 0 Å². The van der Waals surface area contributed by atoms with Crippen molar-refractivity contribution in [3.05, 3.63) is 54.0 Å². The smallest absolute Gasteiger partial charge is 0.216 e. The van der Waals surface area contributed by atoms with Crippen LogP contribution >= 0.6 is 24.0 Å². The topological polar surface area (TPSA) is 100 Å². The predicted octanol–water partition coefficient (Wildman–Crippen LogP) is 3.38. The molecular weight excluding hydrogens is 483 g/mol. The number of hydrogen-bond acceptors (Lipinski definition) is 5. The third-order valence-electron chi connectivity index (χ3n) is 3.95. The second-order valence-corrected chi connectivity index (χ2v) is 6.00. The molecule has 0 radical (unpaired) electrons. The van der Waals surface area contributed by atoms with Crippen molar-refractivity contribution in [2.24, 2.45) is 4.99 Å². The lowest BCUT2D eigenvalue weighted by atomic mass is 10.2. The second-order valence-electron chi connectivity index (χ2n) is 6.00. The van der Waals surface area contributed by atoms with Crippen molar-refractivity contribution >= 4 is 29.9 Å². The molecule has 0 bridgehead atoms. The molecule has 8 nitrogen and oxygen atoms in total. The van der Waals surface area contributed by atoms with E-state index in [1.807, 2.05) is 50.2 Å². The van der Waals surface area contributed by atoms with Gasteiger partial charge in [0, 0.05) is 25.1 Å². The summed E-state index contributed by atoms with van der Waals surface area (Å²) in [7, 11) is 0. The van der Waals surface area contributed by atoms with Gasteiger partial charge < -0.3 is 19.8 Å². The Balaban J connectivity index is 0.00000300. The fourth-order valence-electron chi connectivity index (χ4n) is 2.66. The first kappa shape index (κ1) is 22.7. The number of aromatic nitrogens is 3. The lowest BCUT2D eigenvalue weighted by molar-refractivity contribution is 0.336. The Labute approximate surface area is 187 Å². The molecule has 1 aromatic carbocycles. The van der Waals surface area contributed by atoms with Gasteiger partial charge in [-0.15, -0.1) is 24.0 Å². The highest BCUT2D eigenvalue weighted by molar-refractivity contribution is 14.0. The molecule has 0 aliphatic rings. The molecule has 0 spiro atoms. The van der Waals surface area contributed by atoms with Crippen molar-refractivity contribution in [2.75, 3.05) is 19.7 Å². The molecule has 156 valence electrons. The zero-order valence-corrected chi connectivity index (χ0v) is 19.0. The summed E-state index contributed by atoms with van der Waals surface area (Å²) in [6.07, 6.45) is 2.30. The van der Waals surface area contributed by atoms with Crippen molar-refractivity contribution in [3.8, 4) is 17.3 Å². The Morgan fingerprint density at radius 3 is 2.79 bits per heavy atom. The average Bonchev–Trinajstić information content (AvgIpc) is 3.39. The van der Waals surface area contributed by atoms with Crippen LogP contribution in [-0.2, 0) is 13.0 Å². The molecule has 2 aromatic heterocycles. The molecule has 0 amide bonds. The number of aromatic amines is 1. The SMILES string of the molecule is CCNC(=NCc1ccccc1OCC)NCCc1nc(-c2ccco2)n[nH]1.I. The lowest BCUT2D eigenvalue weighted by Crippen LogP contribution is -2.38. The molecule has 0 aliphatic carbocycles. The Morgan fingerprint density at radius 1 is 1.17 bits per heavy atom. The molecule has 2 heterocycles. The van der Waals surface area contributed by atoms with Crippen LogP contribution < -0.4 is 15.4 Å². The van der Waals surface area contributed by atoms with E-state index in [1.165, 1.54) is 0 Å². The molecule has 0 unspecified atom stereocenters. The highest BCUT2D eigenvalue weighted by Crippen LogP contribution is 2.18. The number of guanidine groups is 1. The number of H-pyrrole nitrogens is 1. The van der Waals surface area contributed by atoms with Gasteiger partial charge in [-0.3, -0.25) is 5.10 Å². The first-order chi connectivity index (χ1) is 13.8. The Hall–Kier alpha value is -2.56. The van der Waals surface area contributed by atoms with E-state index in [1.54, 1.807) is 6.26 Å². The molecule has 29 heavy (non-hydrogen) atoms. The largest absolute Gasteiger partial charge is 0.494 e. The summed E-state index contributed by atoms with van der Waals surface area (Å²) in [6.45, 7) is 6.65. The van der Waals surface area contributed by atoms with Gasteiger partial charge in [0.25, 0.3) is 0 Å². The standard InChI is InChI=1S/C20H26N6O2.HI/c1-3-21-20(23-14-15-8-5-6-9-16(15)27-4-2)22-12-11-18-24-19(26-25-18)17-10-7-13-28-17;/h5-10,13H,3-4,11-12,14H2,1-2H3,(H2,21,22,23)(H,24,25,26);1H. The van der Waals surface area contributed by atoms with Crippen LogP contribution in [-0.4, -0.2) is 40.8 Å². The Kier molecular flexibility index (Phi) is 9.48. The molecule has 0 fully saturated rings. The minimum Gasteiger partial charge on any atom is -0.494 e. The van der Waals surface area contributed by atoms with Gasteiger partial charge in [0.2, 0.25) is 5.82 Å². The predicted molar refractivity (Wildman–Crippen MR) is 124 cm³/mol. The van der Waals surface area contributed by atoms with Crippen LogP contribution in [0.25, 0.3) is 11.6 Å². The van der Waals surface area contributed by atoms with Gasteiger partial charge in [-0.1, -0.05) is 18.2 Å². The second kappa shape index (κ2) is 12.1. The zero-order valence-electron chi connectivity index (χ0n) is 16.6. The number of ether oxygens (including phenoxy) is 1. The summed E-state index contributed by atoms with van der Waals surface area (Å²) < 4.78 is 11.0. The third-order valence-corrected chi connectivity index (χ3v) is 3.95. The number of nitrogens with zero attached hydrogens (tertiary/aromatic N) is 3. The third kappa shape index (κ3) is 6.77. The maximum atomic E-state index is 5.66. The minimum atomic E-state index is 0. The number of benzene rings is 1. The maximum Gasteiger partial charge on any atom is 0.216 e. The number of hydrogen-bond donors (Lipinski definition) is 3. The fourth-order valence-corrected chi connectivity index (χ4v) is 2.66. The van der Waals surface area contributed by atoms with Gasteiger partial charge in [-0.2, -0.15) is 5.10 Å². The number of furan rings is 1. The van der Waals surface area contributed by atoms with Gasteiger partial charge in [0.15, 0.2) is 11.7 Å². The number of para-hydroxylation sites is 1. The van der Waals surface area contributed by atoms with Crippen molar-refractivity contribution < 1.29 is 9.15 Å². The summed E-state index contributed by atoms with van der Waals surface area (Å²) in [5.41, 5.74) is 1.06. The van der Waals surface area contributed by atoms with Crippen LogP contribution in [0.4, 0.5) is 0 Å². The fraction of sp³-hybridized carbons (Fsp3) is 0.350. The van der Waals surface area contributed by atoms with Crippen LogP contribution in [0, 0.1) is 0 Å². The monoisotopic (exact) mass is 510 g/mol. The van der Waals surface area contributed by atoms with Crippen molar-refractivity contribution in [2.45, 2.75) is 26.8 Å². The van der Waals surface area contributed by atoms with Crippen molar-refractivity contribution in [1.29, 1.82) is 0 Å². The van der Waals surface area contributed by atoms with E-state index in [0.29, 0.717) is 37.7 Å². The molecular formula is C20H27IN6O2. The highest BCUT2D eigenvalue weighted by Gasteiger charge is 2.08. The zero-order chi connectivity index (χ0) is 19.6. The van der Waals surface area contributed by atoms with Gasteiger partial charge in [-0.25, -0.2) is 9.98 Å². The van der Waals surface area contributed by atoms with E-state index in [2.05, 4.69) is 30.8 Å². The first-order valence-electron chi connectivity index (χ1n) is 9.48. The number of aliphatic imine (C=N–C) groups is 1. The van der Waals surface area contributed by atoms with Crippen LogP contribution in [0.2, 0.25) is 0 Å². The van der Waals surface area contributed by atoms with Gasteiger partial charge in [0.1, 0.15) is 11.6 Å². The van der Waals surface area contributed by atoms with E-state index >= 15 is 0 Å². The van der Waals surface area contributed by atoms with E-state index in [9.17, 15) is 0 Å². The van der Waals surface area contributed by atoms with Gasteiger partial charge in [0.05, 0.1) is 19.4 Å². The molecule has 9 heteroatoms. The maximum absolute atomic E-state index is 5.66. The van der Waals surface area contributed by atoms with Crippen LogP contribution in [0.1, 0.15) is 25.2 Å². The minimum absolute atomic E-state index is 0. The summed E-state index contributed by atoms with van der Waals surface area (Å²) in [4.78, 5) is 9.10. The summed E-state index contributed by atoms with van der Waals surface area (Å²) >= 11 is 0. The van der Waals surface area contributed by atoms with Gasteiger partial charge >= 0.3 is 0 Å². The van der Waals surface area contributed by atoms with E-state index in [0.717, 1.165) is 29.6 Å². The normalized spacial score (nSPS) is 11.0. The first-order valence-corrected chi connectivity index (χ1v) is 9.48. The van der Waals surface area contributed by atoms with E-state index < -0.39 is 0 Å². The van der Waals surface area contributed by atoms with E-state index in [-0.39, 0.29) is 24.0 Å². The molecule has 3 N–H and O–H groups in total. The summed E-state index contributed by atoms with van der Waals surface area (Å²) in [6, 6.07) is 11.6. The van der Waals surface area contributed by atoms with Crippen LogP contribution in [0.3, 0.4) is 0 Å². The average molecular weight is 510 g/mol.